The van der Waals surface area contributed by atoms with Crippen LogP contribution in [-0.2, 0) is 13.0 Å². The number of amides is 2. The Hall–Kier alpha value is -2.83. The summed E-state index contributed by atoms with van der Waals surface area (Å²) in [5.74, 6) is 0.524. The highest BCUT2D eigenvalue weighted by Gasteiger charge is 2.27. The van der Waals surface area contributed by atoms with Crippen molar-refractivity contribution in [2.75, 3.05) is 11.9 Å². The van der Waals surface area contributed by atoms with Gasteiger partial charge in [0, 0.05) is 18.3 Å². The monoisotopic (exact) mass is 384 g/mol. The smallest absolute Gasteiger partial charge is 0.291 e. The van der Waals surface area contributed by atoms with E-state index in [1.807, 2.05) is 37.5 Å². The van der Waals surface area contributed by atoms with Crippen LogP contribution in [0, 0.1) is 0 Å². The molecule has 2 N–H and O–H groups in total. The van der Waals surface area contributed by atoms with Crippen LogP contribution in [-0.4, -0.2) is 34.0 Å². The third kappa shape index (κ3) is 4.35. The number of hydrogen-bond donors (Lipinski definition) is 2. The van der Waals surface area contributed by atoms with E-state index in [4.69, 9.17) is 4.74 Å². The fourth-order valence-electron chi connectivity index (χ4n) is 3.28. The van der Waals surface area contributed by atoms with Gasteiger partial charge in [0.25, 0.3) is 11.8 Å². The fourth-order valence-corrected chi connectivity index (χ4v) is 3.28. The molecule has 0 fully saturated rings. The third-order valence-electron chi connectivity index (χ3n) is 4.95. The number of ether oxygens (including phenoxy) is 1. The number of fused-ring (bicyclic) bond motifs is 1. The highest BCUT2D eigenvalue weighted by Crippen LogP contribution is 2.23. The number of nitrogens with zero attached hydrogens (tertiary/aromatic N) is 2. The van der Waals surface area contributed by atoms with Crippen molar-refractivity contribution in [3.05, 3.63) is 41.5 Å². The Bertz CT molecular complexity index is 842. The number of carbonyl (C=O) groups is 2. The Morgan fingerprint density at radius 2 is 1.93 bits per heavy atom. The Balaban J connectivity index is 1.82. The molecule has 0 bridgehead atoms. The average Bonchev–Trinajstić information content (AvgIpc) is 3.09. The van der Waals surface area contributed by atoms with Gasteiger partial charge in [-0.25, -0.2) is 4.98 Å². The maximum absolute atomic E-state index is 12.9. The summed E-state index contributed by atoms with van der Waals surface area (Å²) in [4.78, 5) is 29.9. The van der Waals surface area contributed by atoms with Crippen LogP contribution < -0.4 is 15.4 Å². The lowest BCUT2D eigenvalue weighted by Gasteiger charge is -2.17. The van der Waals surface area contributed by atoms with Crippen molar-refractivity contribution in [3.8, 4) is 5.75 Å². The molecule has 1 aromatic carbocycles. The molecule has 1 unspecified atom stereocenters. The molecule has 7 nitrogen and oxygen atoms in total. The number of nitrogens with one attached hydrogen (secondary N) is 2. The minimum atomic E-state index is -0.310. The molecule has 28 heavy (non-hydrogen) atoms. The SMILES string of the molecule is CCOc1ccc(NC(=O)c2nc(C(=O)NC(C)CC)c3n2CCCC3)cc1. The molecule has 0 saturated carbocycles. The summed E-state index contributed by atoms with van der Waals surface area (Å²) in [6, 6.07) is 7.27. The second-order valence-corrected chi connectivity index (χ2v) is 7.03. The maximum Gasteiger partial charge on any atom is 0.291 e. The second-order valence-electron chi connectivity index (χ2n) is 7.03. The van der Waals surface area contributed by atoms with Crippen molar-refractivity contribution < 1.29 is 14.3 Å². The number of anilines is 1. The van der Waals surface area contributed by atoms with Gasteiger partial charge in [-0.1, -0.05) is 6.92 Å². The van der Waals surface area contributed by atoms with Crippen molar-refractivity contribution in [2.24, 2.45) is 0 Å². The van der Waals surface area contributed by atoms with E-state index in [-0.39, 0.29) is 23.7 Å². The van der Waals surface area contributed by atoms with Crippen LogP contribution in [0.5, 0.6) is 5.75 Å². The van der Waals surface area contributed by atoms with Gasteiger partial charge < -0.3 is 19.9 Å². The molecule has 0 saturated heterocycles. The van der Waals surface area contributed by atoms with Crippen molar-refractivity contribution in [2.45, 2.75) is 59.0 Å². The summed E-state index contributed by atoms with van der Waals surface area (Å²) in [7, 11) is 0. The number of aromatic nitrogens is 2. The number of hydrogen-bond acceptors (Lipinski definition) is 4. The van der Waals surface area contributed by atoms with Crippen LogP contribution in [0.15, 0.2) is 24.3 Å². The number of carbonyl (C=O) groups excluding carboxylic acids is 2. The van der Waals surface area contributed by atoms with Crippen LogP contribution in [0.1, 0.15) is 66.8 Å². The van der Waals surface area contributed by atoms with Gasteiger partial charge in [-0.3, -0.25) is 9.59 Å². The Labute approximate surface area is 165 Å². The summed E-state index contributed by atoms with van der Waals surface area (Å²) in [6.45, 7) is 7.19. The van der Waals surface area contributed by atoms with E-state index in [1.54, 1.807) is 12.1 Å². The first-order chi connectivity index (χ1) is 13.5. The lowest BCUT2D eigenvalue weighted by atomic mass is 10.1. The van der Waals surface area contributed by atoms with Crippen LogP contribution in [0.4, 0.5) is 5.69 Å². The van der Waals surface area contributed by atoms with E-state index < -0.39 is 0 Å². The predicted molar refractivity (Wildman–Crippen MR) is 108 cm³/mol. The van der Waals surface area contributed by atoms with Gasteiger partial charge in [-0.15, -0.1) is 0 Å². The summed E-state index contributed by atoms with van der Waals surface area (Å²) < 4.78 is 7.31. The van der Waals surface area contributed by atoms with Crippen LogP contribution >= 0.6 is 0 Å². The molecule has 7 heteroatoms. The topological polar surface area (TPSA) is 85.2 Å². The number of rotatable bonds is 7. The normalized spacial score (nSPS) is 14.1. The molecule has 1 aliphatic rings. The van der Waals surface area contributed by atoms with E-state index in [2.05, 4.69) is 15.6 Å². The molecule has 1 atom stereocenters. The van der Waals surface area contributed by atoms with Crippen LogP contribution in [0.2, 0.25) is 0 Å². The molecule has 1 aliphatic heterocycles. The Morgan fingerprint density at radius 3 is 2.61 bits per heavy atom. The highest BCUT2D eigenvalue weighted by atomic mass is 16.5. The first-order valence-corrected chi connectivity index (χ1v) is 9.98. The number of benzene rings is 1. The molecule has 0 radical (unpaired) electrons. The third-order valence-corrected chi connectivity index (χ3v) is 4.95. The van der Waals surface area contributed by atoms with Crippen molar-refractivity contribution in [1.82, 2.24) is 14.9 Å². The van der Waals surface area contributed by atoms with Gasteiger partial charge >= 0.3 is 0 Å². The maximum atomic E-state index is 12.9. The molecule has 3 rings (SSSR count). The largest absolute Gasteiger partial charge is 0.494 e. The van der Waals surface area contributed by atoms with E-state index in [0.717, 1.165) is 37.1 Å². The van der Waals surface area contributed by atoms with Crippen molar-refractivity contribution >= 4 is 17.5 Å². The zero-order chi connectivity index (χ0) is 20.1. The van der Waals surface area contributed by atoms with Gasteiger partial charge in [0.05, 0.1) is 12.3 Å². The van der Waals surface area contributed by atoms with E-state index in [1.165, 1.54) is 0 Å². The molecular weight excluding hydrogens is 356 g/mol. The molecule has 0 aliphatic carbocycles. The molecule has 2 aromatic rings. The lowest BCUT2D eigenvalue weighted by Crippen LogP contribution is -2.33. The van der Waals surface area contributed by atoms with Gasteiger partial charge in [0.2, 0.25) is 0 Å². The summed E-state index contributed by atoms with van der Waals surface area (Å²) in [6.07, 6.45) is 3.56. The Morgan fingerprint density at radius 1 is 1.18 bits per heavy atom. The highest BCUT2D eigenvalue weighted by molar-refractivity contribution is 6.03. The van der Waals surface area contributed by atoms with Gasteiger partial charge in [0.15, 0.2) is 5.82 Å². The van der Waals surface area contributed by atoms with Crippen molar-refractivity contribution in [3.63, 3.8) is 0 Å². The molecule has 150 valence electrons. The first kappa shape index (κ1) is 19.9. The van der Waals surface area contributed by atoms with Crippen molar-refractivity contribution in [1.29, 1.82) is 0 Å². The quantitative estimate of drug-likeness (QED) is 0.766. The second kappa shape index (κ2) is 8.91. The summed E-state index contributed by atoms with van der Waals surface area (Å²) in [5.41, 5.74) is 1.88. The van der Waals surface area contributed by atoms with Gasteiger partial charge in [-0.05, 0) is 63.8 Å². The average molecular weight is 384 g/mol. The molecule has 2 heterocycles. The predicted octanol–water partition coefficient (Wildman–Crippen LogP) is 3.40. The van der Waals surface area contributed by atoms with E-state index in [0.29, 0.717) is 24.5 Å². The van der Waals surface area contributed by atoms with E-state index >= 15 is 0 Å². The lowest BCUT2D eigenvalue weighted by molar-refractivity contribution is 0.0933. The molecular formula is C21H28N4O3. The fraction of sp³-hybridized carbons (Fsp3) is 0.476. The van der Waals surface area contributed by atoms with E-state index in [9.17, 15) is 9.59 Å². The summed E-state index contributed by atoms with van der Waals surface area (Å²) >= 11 is 0. The van der Waals surface area contributed by atoms with Crippen LogP contribution in [0.25, 0.3) is 0 Å². The van der Waals surface area contributed by atoms with Gasteiger partial charge in [-0.2, -0.15) is 0 Å². The zero-order valence-corrected chi connectivity index (χ0v) is 16.7. The van der Waals surface area contributed by atoms with Gasteiger partial charge in [0.1, 0.15) is 11.4 Å². The first-order valence-electron chi connectivity index (χ1n) is 9.98. The Kier molecular flexibility index (Phi) is 6.34. The zero-order valence-electron chi connectivity index (χ0n) is 16.7. The minimum absolute atomic E-state index is 0.0644. The molecule has 0 spiro atoms. The molecule has 2 amide bonds. The van der Waals surface area contributed by atoms with Crippen LogP contribution in [0.3, 0.4) is 0 Å². The minimum Gasteiger partial charge on any atom is -0.494 e. The standard InChI is InChI=1S/C21H28N4O3/c1-4-14(3)22-20(26)18-17-8-6-7-13-25(17)19(24-18)21(27)23-15-9-11-16(12-10-15)28-5-2/h9-12,14H,4-8,13H2,1-3H3,(H,22,26)(H,23,27). The molecule has 1 aromatic heterocycles. The summed E-state index contributed by atoms with van der Waals surface area (Å²) in [5, 5.41) is 5.83. The number of imidazole rings is 1.